The van der Waals surface area contributed by atoms with Crippen LogP contribution < -0.4 is 0 Å². The van der Waals surface area contributed by atoms with Crippen molar-refractivity contribution in [3.63, 3.8) is 0 Å². The van der Waals surface area contributed by atoms with E-state index in [0.29, 0.717) is 12.2 Å². The molecule has 0 N–H and O–H groups in total. The van der Waals surface area contributed by atoms with Crippen LogP contribution >= 0.6 is 0 Å². The molecule has 76 valence electrons. The first-order valence-corrected chi connectivity index (χ1v) is 5.42. The summed E-state index contributed by atoms with van der Waals surface area (Å²) in [6.45, 7) is 4.43. The van der Waals surface area contributed by atoms with Crippen molar-refractivity contribution in [2.75, 3.05) is 20.1 Å². The van der Waals surface area contributed by atoms with Crippen LogP contribution in [0.15, 0.2) is 0 Å². The van der Waals surface area contributed by atoms with Crippen LogP contribution in [0.5, 0.6) is 0 Å². The molecule has 1 saturated heterocycles. The van der Waals surface area contributed by atoms with Gasteiger partial charge in [-0.3, -0.25) is 4.79 Å². The maximum atomic E-state index is 11.0. The SMILES string of the molecule is CCC(=O)CCCC1CCN(C)C1. The van der Waals surface area contributed by atoms with E-state index in [1.165, 1.54) is 25.9 Å². The van der Waals surface area contributed by atoms with Crippen molar-refractivity contribution in [1.29, 1.82) is 0 Å². The molecular weight excluding hydrogens is 162 g/mol. The predicted molar refractivity (Wildman–Crippen MR) is 54.8 cm³/mol. The van der Waals surface area contributed by atoms with Crippen molar-refractivity contribution in [1.82, 2.24) is 4.90 Å². The second-order valence-corrected chi connectivity index (χ2v) is 4.20. The first kappa shape index (κ1) is 10.7. The second-order valence-electron chi connectivity index (χ2n) is 4.20. The maximum Gasteiger partial charge on any atom is 0.132 e. The van der Waals surface area contributed by atoms with Gasteiger partial charge in [0.15, 0.2) is 0 Å². The summed E-state index contributed by atoms with van der Waals surface area (Å²) >= 11 is 0. The van der Waals surface area contributed by atoms with E-state index in [2.05, 4.69) is 11.9 Å². The molecule has 1 heterocycles. The first-order valence-electron chi connectivity index (χ1n) is 5.42. The van der Waals surface area contributed by atoms with Gasteiger partial charge in [0.25, 0.3) is 0 Å². The molecule has 0 aromatic heterocycles. The Hall–Kier alpha value is -0.370. The van der Waals surface area contributed by atoms with Gasteiger partial charge in [0.05, 0.1) is 0 Å². The number of likely N-dealkylation sites (tertiary alicyclic amines) is 1. The first-order chi connectivity index (χ1) is 6.22. The highest BCUT2D eigenvalue weighted by molar-refractivity contribution is 5.77. The third-order valence-corrected chi connectivity index (χ3v) is 2.95. The Morgan fingerprint density at radius 2 is 2.31 bits per heavy atom. The molecule has 0 aromatic rings. The number of Topliss-reactive ketones (excluding diaryl/α,β-unsaturated/α-hetero) is 1. The lowest BCUT2D eigenvalue weighted by Gasteiger charge is -2.09. The summed E-state index contributed by atoms with van der Waals surface area (Å²) in [6.07, 6.45) is 5.19. The number of rotatable bonds is 5. The minimum atomic E-state index is 0.423. The topological polar surface area (TPSA) is 20.3 Å². The average Bonchev–Trinajstić information content (AvgIpc) is 2.51. The molecular formula is C11H21NO. The minimum absolute atomic E-state index is 0.423. The van der Waals surface area contributed by atoms with E-state index < -0.39 is 0 Å². The molecule has 1 unspecified atom stereocenters. The Morgan fingerprint density at radius 1 is 1.54 bits per heavy atom. The van der Waals surface area contributed by atoms with E-state index in [1.54, 1.807) is 0 Å². The average molecular weight is 183 g/mol. The third kappa shape index (κ3) is 3.90. The molecule has 0 amide bonds. The fraction of sp³-hybridized carbons (Fsp3) is 0.909. The van der Waals surface area contributed by atoms with Crippen molar-refractivity contribution in [2.24, 2.45) is 5.92 Å². The minimum Gasteiger partial charge on any atom is -0.306 e. The van der Waals surface area contributed by atoms with Gasteiger partial charge >= 0.3 is 0 Å². The van der Waals surface area contributed by atoms with Crippen LogP contribution in [0.25, 0.3) is 0 Å². The summed E-state index contributed by atoms with van der Waals surface area (Å²) in [4.78, 5) is 13.4. The summed E-state index contributed by atoms with van der Waals surface area (Å²) in [5.74, 6) is 1.28. The van der Waals surface area contributed by atoms with Gasteiger partial charge in [0.1, 0.15) is 5.78 Å². The van der Waals surface area contributed by atoms with Gasteiger partial charge in [-0.25, -0.2) is 0 Å². The van der Waals surface area contributed by atoms with Crippen molar-refractivity contribution in [2.45, 2.75) is 39.0 Å². The van der Waals surface area contributed by atoms with Gasteiger partial charge in [0.2, 0.25) is 0 Å². The standard InChI is InChI=1S/C11H21NO/c1-3-11(13)6-4-5-10-7-8-12(2)9-10/h10H,3-9H2,1-2H3. The number of carbonyl (C=O) groups excluding carboxylic acids is 1. The summed E-state index contributed by atoms with van der Waals surface area (Å²) < 4.78 is 0. The van der Waals surface area contributed by atoms with Crippen molar-refractivity contribution >= 4 is 5.78 Å². The molecule has 0 bridgehead atoms. The van der Waals surface area contributed by atoms with Crippen LogP contribution in [-0.4, -0.2) is 30.8 Å². The van der Waals surface area contributed by atoms with Gasteiger partial charge < -0.3 is 4.90 Å². The van der Waals surface area contributed by atoms with E-state index in [4.69, 9.17) is 0 Å². The van der Waals surface area contributed by atoms with E-state index in [-0.39, 0.29) is 0 Å². The van der Waals surface area contributed by atoms with Crippen molar-refractivity contribution < 1.29 is 4.79 Å². The Bertz CT molecular complexity index is 167. The molecule has 0 aromatic carbocycles. The lowest BCUT2D eigenvalue weighted by atomic mass is 10.00. The Labute approximate surface area is 81.3 Å². The molecule has 1 fully saturated rings. The quantitative estimate of drug-likeness (QED) is 0.650. The highest BCUT2D eigenvalue weighted by Crippen LogP contribution is 2.20. The molecule has 0 aliphatic carbocycles. The highest BCUT2D eigenvalue weighted by atomic mass is 16.1. The Morgan fingerprint density at radius 3 is 2.85 bits per heavy atom. The van der Waals surface area contributed by atoms with Crippen LogP contribution in [0.3, 0.4) is 0 Å². The monoisotopic (exact) mass is 183 g/mol. The second kappa shape index (κ2) is 5.38. The number of hydrogen-bond acceptors (Lipinski definition) is 2. The number of hydrogen-bond donors (Lipinski definition) is 0. The molecule has 2 nitrogen and oxygen atoms in total. The third-order valence-electron chi connectivity index (χ3n) is 2.95. The highest BCUT2D eigenvalue weighted by Gasteiger charge is 2.18. The fourth-order valence-corrected chi connectivity index (χ4v) is 2.03. The zero-order valence-electron chi connectivity index (χ0n) is 8.88. The maximum absolute atomic E-state index is 11.0. The van der Waals surface area contributed by atoms with E-state index in [0.717, 1.165) is 18.8 Å². The summed E-state index contributed by atoms with van der Waals surface area (Å²) in [7, 11) is 2.18. The molecule has 0 saturated carbocycles. The molecule has 1 rings (SSSR count). The summed E-state index contributed by atoms with van der Waals surface area (Å²) in [5.41, 5.74) is 0. The molecule has 0 radical (unpaired) electrons. The van der Waals surface area contributed by atoms with Gasteiger partial charge in [-0.05, 0) is 38.8 Å². The summed E-state index contributed by atoms with van der Waals surface area (Å²) in [6, 6.07) is 0. The molecule has 2 heteroatoms. The Kier molecular flexibility index (Phi) is 4.43. The van der Waals surface area contributed by atoms with Crippen LogP contribution in [-0.2, 0) is 4.79 Å². The summed E-state index contributed by atoms with van der Waals surface area (Å²) in [5, 5.41) is 0. The number of carbonyl (C=O) groups is 1. The lowest BCUT2D eigenvalue weighted by molar-refractivity contribution is -0.118. The number of ketones is 1. The molecule has 1 atom stereocenters. The van der Waals surface area contributed by atoms with Crippen LogP contribution in [0, 0.1) is 5.92 Å². The van der Waals surface area contributed by atoms with Crippen molar-refractivity contribution in [3.8, 4) is 0 Å². The van der Waals surface area contributed by atoms with Gasteiger partial charge in [-0.15, -0.1) is 0 Å². The van der Waals surface area contributed by atoms with Gasteiger partial charge in [0, 0.05) is 19.4 Å². The molecule has 1 aliphatic rings. The molecule has 0 spiro atoms. The Balaban J connectivity index is 2.03. The largest absolute Gasteiger partial charge is 0.306 e. The zero-order chi connectivity index (χ0) is 9.68. The van der Waals surface area contributed by atoms with Gasteiger partial charge in [-0.2, -0.15) is 0 Å². The van der Waals surface area contributed by atoms with E-state index >= 15 is 0 Å². The smallest absolute Gasteiger partial charge is 0.132 e. The fourth-order valence-electron chi connectivity index (χ4n) is 2.03. The van der Waals surface area contributed by atoms with Crippen LogP contribution in [0.2, 0.25) is 0 Å². The van der Waals surface area contributed by atoms with Gasteiger partial charge in [-0.1, -0.05) is 6.92 Å². The zero-order valence-corrected chi connectivity index (χ0v) is 8.88. The van der Waals surface area contributed by atoms with E-state index in [9.17, 15) is 4.79 Å². The lowest BCUT2D eigenvalue weighted by Crippen LogP contribution is -2.14. The molecule has 13 heavy (non-hydrogen) atoms. The number of nitrogens with zero attached hydrogens (tertiary/aromatic N) is 1. The van der Waals surface area contributed by atoms with Crippen molar-refractivity contribution in [3.05, 3.63) is 0 Å². The van der Waals surface area contributed by atoms with E-state index in [1.807, 2.05) is 6.92 Å². The van der Waals surface area contributed by atoms with Crippen LogP contribution in [0.1, 0.15) is 39.0 Å². The predicted octanol–water partition coefficient (Wildman–Crippen LogP) is 2.09. The van der Waals surface area contributed by atoms with Crippen LogP contribution in [0.4, 0.5) is 0 Å². The normalized spacial score (nSPS) is 23.7. The molecule has 1 aliphatic heterocycles.